The summed E-state index contributed by atoms with van der Waals surface area (Å²) in [7, 11) is 0. The van der Waals surface area contributed by atoms with Crippen LogP contribution in [-0.4, -0.2) is 18.7 Å². The largest absolute Gasteiger partial charge is 0.454 e. The topological polar surface area (TPSA) is 85.9 Å². The highest BCUT2D eigenvalue weighted by molar-refractivity contribution is 6.32. The van der Waals surface area contributed by atoms with Gasteiger partial charge in [-0.2, -0.15) is 4.99 Å². The van der Waals surface area contributed by atoms with E-state index in [1.54, 1.807) is 12.1 Å². The predicted molar refractivity (Wildman–Crippen MR) is 60.5 cm³/mol. The van der Waals surface area contributed by atoms with Crippen molar-refractivity contribution >= 4 is 23.5 Å². The fraction of sp³-hybridized carbons (Fsp3) is 0.200. The summed E-state index contributed by atoms with van der Waals surface area (Å²) in [6, 6.07) is 2.48. The Kier molecular flexibility index (Phi) is 2.12. The van der Waals surface area contributed by atoms with Gasteiger partial charge in [-0.05, 0) is 17.7 Å². The van der Waals surface area contributed by atoms with Crippen molar-refractivity contribution in [1.82, 2.24) is 5.32 Å². The minimum absolute atomic E-state index is 0.138. The number of urea groups is 1. The smallest absolute Gasteiger partial charge is 0.343 e. The number of rotatable bonds is 1. The fourth-order valence-corrected chi connectivity index (χ4v) is 2.09. The van der Waals surface area contributed by atoms with Crippen LogP contribution in [0.4, 0.5) is 4.79 Å². The van der Waals surface area contributed by atoms with E-state index in [4.69, 9.17) is 26.8 Å². The predicted octanol–water partition coefficient (Wildman–Crippen LogP) is 1.19. The monoisotopic (exact) mass is 253 g/mol. The Morgan fingerprint density at radius 2 is 2.29 bits per heavy atom. The lowest BCUT2D eigenvalue weighted by atomic mass is 10.1. The quantitative estimate of drug-likeness (QED) is 0.787. The van der Waals surface area contributed by atoms with Gasteiger partial charge in [-0.3, -0.25) is 0 Å². The van der Waals surface area contributed by atoms with Crippen LogP contribution in [0.15, 0.2) is 17.1 Å². The molecular formula is C10H8ClN3O3. The van der Waals surface area contributed by atoms with Crippen LogP contribution in [0.25, 0.3) is 0 Å². The van der Waals surface area contributed by atoms with E-state index in [2.05, 4.69) is 10.3 Å². The molecule has 2 aliphatic rings. The number of ether oxygens (including phenoxy) is 2. The van der Waals surface area contributed by atoms with Gasteiger partial charge in [0.15, 0.2) is 11.5 Å². The molecule has 3 rings (SSSR count). The van der Waals surface area contributed by atoms with Gasteiger partial charge in [-0.15, -0.1) is 0 Å². The summed E-state index contributed by atoms with van der Waals surface area (Å²) in [6.07, 6.45) is 0. The van der Waals surface area contributed by atoms with Crippen LogP contribution in [0, 0.1) is 0 Å². The highest BCUT2D eigenvalue weighted by atomic mass is 35.5. The third-order valence-electron chi connectivity index (χ3n) is 2.58. The summed E-state index contributed by atoms with van der Waals surface area (Å²) in [6.45, 7) is 0.138. The Labute approximate surface area is 101 Å². The zero-order valence-corrected chi connectivity index (χ0v) is 9.32. The number of carbonyl (C=O) groups is 1. The van der Waals surface area contributed by atoms with E-state index in [1.807, 2.05) is 0 Å². The summed E-state index contributed by atoms with van der Waals surface area (Å²) >= 11 is 6.04. The standard InChI is InChI=1S/C10H8ClN3O3/c11-5-1-4(2-6-8(5)17-3-16-6)7-9(12)14-10(15)13-7/h1-2,7H,3H2,(H3,12,13,14,15). The molecule has 7 heteroatoms. The van der Waals surface area contributed by atoms with Gasteiger partial charge in [0.25, 0.3) is 0 Å². The molecule has 17 heavy (non-hydrogen) atoms. The number of amides is 2. The van der Waals surface area contributed by atoms with Crippen LogP contribution in [-0.2, 0) is 0 Å². The third-order valence-corrected chi connectivity index (χ3v) is 2.86. The number of aliphatic imine (C=N–C) groups is 1. The second-order valence-electron chi connectivity index (χ2n) is 3.66. The lowest BCUT2D eigenvalue weighted by Crippen LogP contribution is -2.27. The van der Waals surface area contributed by atoms with Crippen LogP contribution in [0.3, 0.4) is 0 Å². The third kappa shape index (κ3) is 1.57. The highest BCUT2D eigenvalue weighted by Crippen LogP contribution is 2.41. The zero-order valence-electron chi connectivity index (χ0n) is 8.57. The number of nitrogens with one attached hydrogen (secondary N) is 1. The Hall–Kier alpha value is -1.95. The molecule has 88 valence electrons. The van der Waals surface area contributed by atoms with Gasteiger partial charge in [0.1, 0.15) is 11.9 Å². The Bertz CT molecular complexity index is 544. The summed E-state index contributed by atoms with van der Waals surface area (Å²) in [4.78, 5) is 14.7. The fourth-order valence-electron chi connectivity index (χ4n) is 1.82. The first-order chi connectivity index (χ1) is 8.15. The van der Waals surface area contributed by atoms with Gasteiger partial charge >= 0.3 is 6.03 Å². The number of amidine groups is 1. The molecule has 0 spiro atoms. The lowest BCUT2D eigenvalue weighted by molar-refractivity contribution is 0.174. The minimum atomic E-state index is -0.463. The molecule has 6 nitrogen and oxygen atoms in total. The van der Waals surface area contributed by atoms with Gasteiger partial charge < -0.3 is 20.5 Å². The van der Waals surface area contributed by atoms with Crippen molar-refractivity contribution in [3.05, 3.63) is 22.7 Å². The van der Waals surface area contributed by atoms with Crippen LogP contribution < -0.4 is 20.5 Å². The molecule has 3 N–H and O–H groups in total. The molecule has 2 heterocycles. The van der Waals surface area contributed by atoms with Crippen LogP contribution in [0.5, 0.6) is 11.5 Å². The van der Waals surface area contributed by atoms with Gasteiger partial charge in [-0.25, -0.2) is 4.79 Å². The van der Waals surface area contributed by atoms with E-state index in [0.29, 0.717) is 22.1 Å². The van der Waals surface area contributed by atoms with Crippen LogP contribution in [0.1, 0.15) is 11.6 Å². The van der Waals surface area contributed by atoms with Crippen LogP contribution >= 0.6 is 11.6 Å². The number of fused-ring (bicyclic) bond motifs is 1. The second kappa shape index (κ2) is 3.53. The summed E-state index contributed by atoms with van der Waals surface area (Å²) < 4.78 is 10.4. The molecule has 0 fully saturated rings. The van der Waals surface area contributed by atoms with Crippen molar-refractivity contribution < 1.29 is 14.3 Å². The second-order valence-corrected chi connectivity index (χ2v) is 4.06. The van der Waals surface area contributed by atoms with Gasteiger partial charge in [0, 0.05) is 0 Å². The van der Waals surface area contributed by atoms with E-state index >= 15 is 0 Å². The number of halogens is 1. The summed E-state index contributed by atoms with van der Waals surface area (Å²) in [5.74, 6) is 1.27. The zero-order chi connectivity index (χ0) is 12.0. The number of hydrogen-bond donors (Lipinski definition) is 2. The number of hydrogen-bond acceptors (Lipinski definition) is 4. The van der Waals surface area contributed by atoms with Crippen molar-refractivity contribution in [2.45, 2.75) is 6.04 Å². The molecule has 0 bridgehead atoms. The average Bonchev–Trinajstić information content (AvgIpc) is 2.84. The van der Waals surface area contributed by atoms with Gasteiger partial charge in [0.2, 0.25) is 6.79 Å². The molecule has 0 aromatic heterocycles. The van der Waals surface area contributed by atoms with Gasteiger partial charge in [-0.1, -0.05) is 11.6 Å². The number of nitrogens with two attached hydrogens (primary N) is 1. The molecular weight excluding hydrogens is 246 g/mol. The Morgan fingerprint density at radius 1 is 1.47 bits per heavy atom. The summed E-state index contributed by atoms with van der Waals surface area (Å²) in [5.41, 5.74) is 6.36. The molecule has 0 radical (unpaired) electrons. The van der Waals surface area contributed by atoms with Crippen molar-refractivity contribution in [3.8, 4) is 11.5 Å². The van der Waals surface area contributed by atoms with E-state index in [1.165, 1.54) is 0 Å². The minimum Gasteiger partial charge on any atom is -0.454 e. The maximum absolute atomic E-state index is 11.1. The first kappa shape index (κ1) is 10.2. The van der Waals surface area contributed by atoms with E-state index in [-0.39, 0.29) is 12.6 Å². The normalized spacial score (nSPS) is 21.4. The number of nitrogens with zero attached hydrogens (tertiary/aromatic N) is 1. The van der Waals surface area contributed by atoms with E-state index in [0.717, 1.165) is 0 Å². The number of carbonyl (C=O) groups excluding carboxylic acids is 1. The molecule has 1 atom stereocenters. The average molecular weight is 254 g/mol. The summed E-state index contributed by atoms with van der Waals surface area (Å²) in [5, 5.41) is 3.04. The molecule has 2 amide bonds. The molecule has 1 aromatic rings. The van der Waals surface area contributed by atoms with Crippen molar-refractivity contribution in [1.29, 1.82) is 0 Å². The maximum Gasteiger partial charge on any atom is 0.343 e. The van der Waals surface area contributed by atoms with Gasteiger partial charge in [0.05, 0.1) is 5.02 Å². The Morgan fingerprint density at radius 3 is 3.00 bits per heavy atom. The molecule has 2 aliphatic heterocycles. The number of benzene rings is 1. The molecule has 0 saturated heterocycles. The van der Waals surface area contributed by atoms with Crippen molar-refractivity contribution in [2.75, 3.05) is 6.79 Å². The lowest BCUT2D eigenvalue weighted by Gasteiger charge is -2.12. The Balaban J connectivity index is 2.03. The molecule has 0 aliphatic carbocycles. The molecule has 0 saturated carbocycles. The SMILES string of the molecule is NC1=NC(=O)NC1c1cc(Cl)c2c(c1)OCO2. The highest BCUT2D eigenvalue weighted by Gasteiger charge is 2.28. The van der Waals surface area contributed by atoms with Crippen molar-refractivity contribution in [2.24, 2.45) is 10.7 Å². The first-order valence-electron chi connectivity index (χ1n) is 4.89. The van der Waals surface area contributed by atoms with E-state index < -0.39 is 12.1 Å². The van der Waals surface area contributed by atoms with E-state index in [9.17, 15) is 4.79 Å². The first-order valence-corrected chi connectivity index (χ1v) is 5.26. The molecule has 1 unspecified atom stereocenters. The maximum atomic E-state index is 11.1. The van der Waals surface area contributed by atoms with Crippen molar-refractivity contribution in [3.63, 3.8) is 0 Å². The van der Waals surface area contributed by atoms with Crippen LogP contribution in [0.2, 0.25) is 5.02 Å². The molecule has 1 aromatic carbocycles.